The second kappa shape index (κ2) is 3.79. The summed E-state index contributed by atoms with van der Waals surface area (Å²) in [6, 6.07) is 3.28. The van der Waals surface area contributed by atoms with Gasteiger partial charge in [0.05, 0.1) is 5.56 Å². The summed E-state index contributed by atoms with van der Waals surface area (Å²) in [5.74, 6) is -0.940. The Kier molecular flexibility index (Phi) is 2.93. The van der Waals surface area contributed by atoms with Gasteiger partial charge in [0.2, 0.25) is 0 Å². The highest BCUT2D eigenvalue weighted by atomic mass is 79.9. The molecule has 1 rings (SSSR count). The number of hydrogen-bond donors (Lipinski definition) is 2. The van der Waals surface area contributed by atoms with Gasteiger partial charge >= 0.3 is 5.97 Å². The number of carboxylic acids is 1. The average Bonchev–Trinajstić information content (AvgIpc) is 2.02. The molecule has 0 radical (unpaired) electrons. The Morgan fingerprint density at radius 1 is 1.62 bits per heavy atom. The van der Waals surface area contributed by atoms with Gasteiger partial charge in [0.15, 0.2) is 0 Å². The molecular formula is C9H10BrNO2. The largest absolute Gasteiger partial charge is 0.478 e. The van der Waals surface area contributed by atoms with Crippen molar-refractivity contribution in [1.29, 1.82) is 0 Å². The van der Waals surface area contributed by atoms with Crippen LogP contribution in [0.15, 0.2) is 16.6 Å². The zero-order valence-electron chi connectivity index (χ0n) is 7.17. The Balaban J connectivity index is 3.38. The molecule has 3 nitrogen and oxygen atoms in total. The number of halogens is 1. The molecule has 13 heavy (non-hydrogen) atoms. The maximum atomic E-state index is 10.8. The van der Waals surface area contributed by atoms with Gasteiger partial charge in [0.1, 0.15) is 0 Å². The smallest absolute Gasteiger partial charge is 0.336 e. The molecule has 0 spiro atoms. The summed E-state index contributed by atoms with van der Waals surface area (Å²) in [6.07, 6.45) is 0.626. The summed E-state index contributed by atoms with van der Waals surface area (Å²) in [4.78, 5) is 10.8. The van der Waals surface area contributed by atoms with Gasteiger partial charge in [-0.05, 0) is 24.1 Å². The molecule has 1 aromatic carbocycles. The van der Waals surface area contributed by atoms with Crippen LogP contribution in [0.25, 0.3) is 0 Å². The zero-order valence-corrected chi connectivity index (χ0v) is 8.76. The van der Waals surface area contributed by atoms with E-state index in [4.69, 9.17) is 10.8 Å². The molecule has 0 heterocycles. The normalized spacial score (nSPS) is 10.0. The summed E-state index contributed by atoms with van der Waals surface area (Å²) in [6.45, 7) is 1.88. The third-order valence-electron chi connectivity index (χ3n) is 1.83. The second-order valence-corrected chi connectivity index (χ2v) is 3.60. The summed E-state index contributed by atoms with van der Waals surface area (Å²) in [5.41, 5.74) is 7.16. The fourth-order valence-corrected chi connectivity index (χ4v) is 1.72. The highest BCUT2D eigenvalue weighted by Gasteiger charge is 2.12. The average molecular weight is 244 g/mol. The molecule has 0 aliphatic heterocycles. The van der Waals surface area contributed by atoms with Gasteiger partial charge in [-0.15, -0.1) is 0 Å². The Morgan fingerprint density at radius 3 is 2.69 bits per heavy atom. The number of nitrogen functional groups attached to an aromatic ring is 1. The highest BCUT2D eigenvalue weighted by Crippen LogP contribution is 2.23. The molecule has 70 valence electrons. The maximum Gasteiger partial charge on any atom is 0.336 e. The lowest BCUT2D eigenvalue weighted by molar-refractivity contribution is 0.0695. The molecule has 0 aliphatic carbocycles. The third-order valence-corrected chi connectivity index (χ3v) is 2.29. The molecule has 3 N–H and O–H groups in total. The van der Waals surface area contributed by atoms with Crippen LogP contribution in [0.4, 0.5) is 5.69 Å². The number of anilines is 1. The fraction of sp³-hybridized carbons (Fsp3) is 0.222. The van der Waals surface area contributed by atoms with E-state index in [1.54, 1.807) is 12.1 Å². The molecule has 0 atom stereocenters. The minimum absolute atomic E-state index is 0.273. The van der Waals surface area contributed by atoms with E-state index < -0.39 is 5.97 Å². The van der Waals surface area contributed by atoms with E-state index in [9.17, 15) is 4.79 Å². The number of aromatic carboxylic acids is 1. The van der Waals surface area contributed by atoms with E-state index >= 15 is 0 Å². The van der Waals surface area contributed by atoms with Crippen LogP contribution in [-0.2, 0) is 6.42 Å². The van der Waals surface area contributed by atoms with E-state index in [-0.39, 0.29) is 5.56 Å². The number of carboxylic acid groups (broad SMARTS) is 1. The Hall–Kier alpha value is -1.03. The molecule has 0 aliphatic rings. The van der Waals surface area contributed by atoms with Crippen LogP contribution in [0.3, 0.4) is 0 Å². The van der Waals surface area contributed by atoms with Crippen LogP contribution in [0.5, 0.6) is 0 Å². The van der Waals surface area contributed by atoms with E-state index in [1.165, 1.54) is 0 Å². The van der Waals surface area contributed by atoms with Gasteiger partial charge in [-0.1, -0.05) is 22.9 Å². The predicted molar refractivity (Wildman–Crippen MR) is 54.9 cm³/mol. The number of nitrogens with two attached hydrogens (primary N) is 1. The Morgan fingerprint density at radius 2 is 2.23 bits per heavy atom. The van der Waals surface area contributed by atoms with Crippen LogP contribution < -0.4 is 5.73 Å². The first-order valence-electron chi connectivity index (χ1n) is 3.87. The van der Waals surface area contributed by atoms with E-state index in [0.717, 1.165) is 0 Å². The van der Waals surface area contributed by atoms with Crippen LogP contribution in [0.2, 0.25) is 0 Å². The van der Waals surface area contributed by atoms with Gasteiger partial charge in [-0.25, -0.2) is 4.79 Å². The molecule has 0 amide bonds. The number of hydrogen-bond acceptors (Lipinski definition) is 2. The number of carbonyl (C=O) groups is 1. The highest BCUT2D eigenvalue weighted by molar-refractivity contribution is 9.10. The van der Waals surface area contributed by atoms with Crippen molar-refractivity contribution in [2.75, 3.05) is 5.73 Å². The standard InChI is InChI=1S/C9H10BrNO2/c1-2-6-7(9(12)13)3-5(10)4-8(6)11/h3-4H,2,11H2,1H3,(H,12,13). The summed E-state index contributed by atoms with van der Waals surface area (Å²) < 4.78 is 0.694. The van der Waals surface area contributed by atoms with Crippen molar-refractivity contribution in [2.24, 2.45) is 0 Å². The lowest BCUT2D eigenvalue weighted by Gasteiger charge is -2.07. The molecule has 0 aromatic heterocycles. The van der Waals surface area contributed by atoms with Crippen molar-refractivity contribution in [1.82, 2.24) is 0 Å². The van der Waals surface area contributed by atoms with Crippen molar-refractivity contribution in [3.05, 3.63) is 27.7 Å². The van der Waals surface area contributed by atoms with Crippen molar-refractivity contribution in [3.8, 4) is 0 Å². The number of benzene rings is 1. The van der Waals surface area contributed by atoms with Crippen molar-refractivity contribution in [2.45, 2.75) is 13.3 Å². The molecule has 0 saturated carbocycles. The fourth-order valence-electron chi connectivity index (χ4n) is 1.24. The van der Waals surface area contributed by atoms with Gasteiger partial charge in [0.25, 0.3) is 0 Å². The monoisotopic (exact) mass is 243 g/mol. The minimum atomic E-state index is -0.940. The van der Waals surface area contributed by atoms with E-state index in [1.807, 2.05) is 6.92 Å². The van der Waals surface area contributed by atoms with Crippen LogP contribution in [0.1, 0.15) is 22.8 Å². The van der Waals surface area contributed by atoms with Gasteiger partial charge < -0.3 is 10.8 Å². The SMILES string of the molecule is CCc1c(N)cc(Br)cc1C(=O)O. The lowest BCUT2D eigenvalue weighted by atomic mass is 10.0. The predicted octanol–water partition coefficient (Wildman–Crippen LogP) is 2.29. The maximum absolute atomic E-state index is 10.8. The van der Waals surface area contributed by atoms with Crippen LogP contribution >= 0.6 is 15.9 Å². The summed E-state index contributed by atoms with van der Waals surface area (Å²) in [5, 5.41) is 8.87. The zero-order chi connectivity index (χ0) is 10.0. The molecule has 0 fully saturated rings. The summed E-state index contributed by atoms with van der Waals surface area (Å²) >= 11 is 3.20. The van der Waals surface area contributed by atoms with Crippen LogP contribution in [-0.4, -0.2) is 11.1 Å². The first kappa shape index (κ1) is 10.1. The lowest BCUT2D eigenvalue weighted by Crippen LogP contribution is -2.05. The van der Waals surface area contributed by atoms with E-state index in [2.05, 4.69) is 15.9 Å². The third kappa shape index (κ3) is 2.01. The van der Waals surface area contributed by atoms with Gasteiger partial charge in [-0.3, -0.25) is 0 Å². The van der Waals surface area contributed by atoms with Crippen molar-refractivity contribution >= 4 is 27.6 Å². The number of rotatable bonds is 2. The quantitative estimate of drug-likeness (QED) is 0.784. The van der Waals surface area contributed by atoms with Crippen molar-refractivity contribution < 1.29 is 9.90 Å². The first-order valence-corrected chi connectivity index (χ1v) is 4.66. The molecule has 0 bridgehead atoms. The topological polar surface area (TPSA) is 63.3 Å². The second-order valence-electron chi connectivity index (χ2n) is 2.68. The van der Waals surface area contributed by atoms with Crippen molar-refractivity contribution in [3.63, 3.8) is 0 Å². The Bertz CT molecular complexity index is 350. The minimum Gasteiger partial charge on any atom is -0.478 e. The summed E-state index contributed by atoms with van der Waals surface area (Å²) in [7, 11) is 0. The van der Waals surface area contributed by atoms with Gasteiger partial charge in [0, 0.05) is 10.2 Å². The van der Waals surface area contributed by atoms with Crippen LogP contribution in [0, 0.1) is 0 Å². The molecule has 0 saturated heterocycles. The molecular weight excluding hydrogens is 234 g/mol. The van der Waals surface area contributed by atoms with E-state index in [0.29, 0.717) is 22.1 Å². The molecule has 1 aromatic rings. The molecule has 4 heteroatoms. The van der Waals surface area contributed by atoms with Gasteiger partial charge in [-0.2, -0.15) is 0 Å². The first-order chi connectivity index (χ1) is 6.06. The Labute approximate surface area is 84.7 Å². The molecule has 0 unspecified atom stereocenters.